The van der Waals surface area contributed by atoms with Crippen molar-refractivity contribution in [1.29, 1.82) is 0 Å². The Hall–Kier alpha value is -2.57. The van der Waals surface area contributed by atoms with Crippen LogP contribution >= 0.6 is 0 Å². The van der Waals surface area contributed by atoms with Crippen LogP contribution in [0.25, 0.3) is 0 Å². The number of urea groups is 1. The van der Waals surface area contributed by atoms with Crippen molar-refractivity contribution in [2.75, 3.05) is 6.54 Å². The van der Waals surface area contributed by atoms with E-state index in [0.717, 1.165) is 12.2 Å². The minimum Gasteiger partial charge on any atom is -0.488 e. The number of carbonyl (C=O) groups excluding carboxylic acids is 1. The van der Waals surface area contributed by atoms with Crippen LogP contribution in [0, 0.1) is 0 Å². The number of benzene rings is 1. The zero-order valence-corrected chi connectivity index (χ0v) is 12.6. The minimum atomic E-state index is -0.241. The van der Waals surface area contributed by atoms with Gasteiger partial charge in [0.25, 0.3) is 0 Å². The zero-order valence-electron chi connectivity index (χ0n) is 12.6. The Morgan fingerprint density at radius 1 is 1.50 bits per heavy atom. The quantitative estimate of drug-likeness (QED) is 0.888. The summed E-state index contributed by atoms with van der Waals surface area (Å²) in [6.45, 7) is 2.33. The van der Waals surface area contributed by atoms with Crippen molar-refractivity contribution < 1.29 is 9.53 Å². The summed E-state index contributed by atoms with van der Waals surface area (Å²) in [7, 11) is 1.84. The molecule has 2 amide bonds. The highest BCUT2D eigenvalue weighted by atomic mass is 16.5. The van der Waals surface area contributed by atoms with E-state index in [0.29, 0.717) is 12.4 Å². The third-order valence-electron chi connectivity index (χ3n) is 3.69. The molecule has 0 aliphatic carbocycles. The Kier molecular flexibility index (Phi) is 3.95. The molecule has 2 heterocycles. The average molecular weight is 301 g/mol. The number of fused-ring (bicyclic) bond motifs is 1. The molecule has 0 saturated carbocycles. The van der Waals surface area contributed by atoms with E-state index >= 15 is 0 Å². The van der Waals surface area contributed by atoms with Crippen molar-refractivity contribution in [1.82, 2.24) is 25.4 Å². The molecule has 0 spiro atoms. The second-order valence-electron chi connectivity index (χ2n) is 5.43. The lowest BCUT2D eigenvalue weighted by molar-refractivity contribution is 0.212. The van der Waals surface area contributed by atoms with Gasteiger partial charge in [-0.3, -0.25) is 0 Å². The number of hydrogen-bond acceptors (Lipinski definition) is 4. The Morgan fingerprint density at radius 3 is 3.05 bits per heavy atom. The molecule has 1 aliphatic heterocycles. The molecule has 0 unspecified atom stereocenters. The monoisotopic (exact) mass is 301 g/mol. The van der Waals surface area contributed by atoms with Gasteiger partial charge in [0.2, 0.25) is 0 Å². The topological polar surface area (TPSA) is 81.1 Å². The maximum atomic E-state index is 12.0. The molecule has 116 valence electrons. The van der Waals surface area contributed by atoms with E-state index in [9.17, 15) is 4.79 Å². The number of nitrogens with zero attached hydrogens (tertiary/aromatic N) is 3. The highest BCUT2D eigenvalue weighted by Gasteiger charge is 2.23. The minimum absolute atomic E-state index is 0.0201. The summed E-state index contributed by atoms with van der Waals surface area (Å²) in [6.07, 6.45) is 2.40. The first kappa shape index (κ1) is 14.4. The Labute approximate surface area is 128 Å². The van der Waals surface area contributed by atoms with Crippen molar-refractivity contribution in [2.45, 2.75) is 25.5 Å². The van der Waals surface area contributed by atoms with Crippen molar-refractivity contribution >= 4 is 6.03 Å². The smallest absolute Gasteiger partial charge is 0.315 e. The fourth-order valence-corrected chi connectivity index (χ4v) is 2.57. The second kappa shape index (κ2) is 6.05. The van der Waals surface area contributed by atoms with Gasteiger partial charge in [0.1, 0.15) is 18.2 Å². The normalized spacial score (nSPS) is 17.5. The lowest BCUT2D eigenvalue weighted by atomic mass is 10.1. The van der Waals surface area contributed by atoms with E-state index in [-0.39, 0.29) is 18.2 Å². The van der Waals surface area contributed by atoms with E-state index < -0.39 is 0 Å². The zero-order chi connectivity index (χ0) is 15.5. The molecular formula is C15H19N5O2. The third-order valence-corrected chi connectivity index (χ3v) is 3.69. The van der Waals surface area contributed by atoms with E-state index in [1.54, 1.807) is 10.9 Å². The van der Waals surface area contributed by atoms with Gasteiger partial charge in [-0.25, -0.2) is 4.79 Å². The van der Waals surface area contributed by atoms with Crippen LogP contribution in [-0.2, 0) is 13.5 Å². The van der Waals surface area contributed by atoms with Gasteiger partial charge in [-0.05, 0) is 18.6 Å². The van der Waals surface area contributed by atoms with E-state index in [1.807, 2.05) is 38.2 Å². The van der Waals surface area contributed by atoms with E-state index in [1.165, 1.54) is 5.56 Å². The third kappa shape index (κ3) is 3.03. The number of aryl methyl sites for hydroxylation is 1. The van der Waals surface area contributed by atoms with E-state index in [4.69, 9.17) is 4.74 Å². The number of amides is 2. The number of carbonyl (C=O) groups is 1. The first-order chi connectivity index (χ1) is 10.6. The number of aromatic nitrogens is 3. The molecule has 1 aromatic heterocycles. The van der Waals surface area contributed by atoms with Gasteiger partial charge in [-0.15, -0.1) is 10.2 Å². The highest BCUT2D eigenvalue weighted by Crippen LogP contribution is 2.27. The van der Waals surface area contributed by atoms with Gasteiger partial charge in [0.05, 0.1) is 12.6 Å². The molecule has 0 saturated heterocycles. The van der Waals surface area contributed by atoms with Crippen molar-refractivity contribution in [3.8, 4) is 5.75 Å². The van der Waals surface area contributed by atoms with Crippen LogP contribution in [0.4, 0.5) is 4.79 Å². The molecule has 2 atom stereocenters. The summed E-state index contributed by atoms with van der Waals surface area (Å²) in [5.41, 5.74) is 1.18. The van der Waals surface area contributed by atoms with Crippen LogP contribution in [0.5, 0.6) is 5.75 Å². The SMILES string of the molecule is C[C@H](NC(=O)NC[C@H]1Cc2ccccc2O1)c1nncn1C. The number of nitrogens with one attached hydrogen (secondary N) is 2. The second-order valence-corrected chi connectivity index (χ2v) is 5.43. The fraction of sp³-hybridized carbons (Fsp3) is 0.400. The average Bonchev–Trinajstić information content (AvgIpc) is 3.10. The summed E-state index contributed by atoms with van der Waals surface area (Å²) >= 11 is 0. The summed E-state index contributed by atoms with van der Waals surface area (Å²) in [5, 5.41) is 13.5. The van der Waals surface area contributed by atoms with Crippen molar-refractivity contribution in [3.05, 3.63) is 42.0 Å². The van der Waals surface area contributed by atoms with Crippen LogP contribution in [0.3, 0.4) is 0 Å². The van der Waals surface area contributed by atoms with Crippen LogP contribution in [-0.4, -0.2) is 33.4 Å². The maximum absolute atomic E-state index is 12.0. The molecule has 7 nitrogen and oxygen atoms in total. The number of para-hydroxylation sites is 1. The standard InChI is InChI=1S/C15H19N5O2/c1-10(14-19-17-9-20(14)2)18-15(21)16-8-12-7-11-5-3-4-6-13(11)22-12/h3-6,9-10,12H,7-8H2,1-2H3,(H2,16,18,21)/t10-,12+/m0/s1. The highest BCUT2D eigenvalue weighted by molar-refractivity contribution is 5.74. The summed E-state index contributed by atoms with van der Waals surface area (Å²) in [6, 6.07) is 7.48. The Balaban J connectivity index is 1.47. The molecule has 7 heteroatoms. The largest absolute Gasteiger partial charge is 0.488 e. The molecule has 3 rings (SSSR count). The maximum Gasteiger partial charge on any atom is 0.315 e. The number of hydrogen-bond donors (Lipinski definition) is 2. The molecule has 0 radical (unpaired) electrons. The fourth-order valence-electron chi connectivity index (χ4n) is 2.57. The molecule has 22 heavy (non-hydrogen) atoms. The van der Waals surface area contributed by atoms with Crippen LogP contribution in [0.1, 0.15) is 24.4 Å². The van der Waals surface area contributed by atoms with Crippen LogP contribution < -0.4 is 15.4 Å². The first-order valence-corrected chi connectivity index (χ1v) is 7.26. The molecule has 1 aromatic carbocycles. The van der Waals surface area contributed by atoms with E-state index in [2.05, 4.69) is 20.8 Å². The van der Waals surface area contributed by atoms with Gasteiger partial charge in [-0.2, -0.15) is 0 Å². The Morgan fingerprint density at radius 2 is 2.32 bits per heavy atom. The lowest BCUT2D eigenvalue weighted by Crippen LogP contribution is -2.42. The van der Waals surface area contributed by atoms with Gasteiger partial charge < -0.3 is 19.9 Å². The predicted octanol–water partition coefficient (Wildman–Crippen LogP) is 1.18. The summed E-state index contributed by atoms with van der Waals surface area (Å²) < 4.78 is 7.56. The number of ether oxygens (including phenoxy) is 1. The lowest BCUT2D eigenvalue weighted by Gasteiger charge is -2.16. The van der Waals surface area contributed by atoms with Crippen LogP contribution in [0.15, 0.2) is 30.6 Å². The Bertz CT molecular complexity index is 644. The molecular weight excluding hydrogens is 282 g/mol. The van der Waals surface area contributed by atoms with Gasteiger partial charge >= 0.3 is 6.03 Å². The van der Waals surface area contributed by atoms with Gasteiger partial charge in [0.15, 0.2) is 5.82 Å². The van der Waals surface area contributed by atoms with Crippen molar-refractivity contribution in [3.63, 3.8) is 0 Å². The summed E-state index contributed by atoms with van der Waals surface area (Å²) in [5.74, 6) is 1.61. The molecule has 0 bridgehead atoms. The van der Waals surface area contributed by atoms with Crippen molar-refractivity contribution in [2.24, 2.45) is 7.05 Å². The number of rotatable bonds is 4. The van der Waals surface area contributed by atoms with Gasteiger partial charge in [-0.1, -0.05) is 18.2 Å². The van der Waals surface area contributed by atoms with Crippen LogP contribution in [0.2, 0.25) is 0 Å². The van der Waals surface area contributed by atoms with Gasteiger partial charge in [0, 0.05) is 13.5 Å². The molecule has 1 aliphatic rings. The molecule has 2 N–H and O–H groups in total. The molecule has 2 aromatic rings. The summed E-state index contributed by atoms with van der Waals surface area (Å²) in [4.78, 5) is 12.0. The molecule has 0 fully saturated rings. The predicted molar refractivity (Wildman–Crippen MR) is 80.5 cm³/mol. The first-order valence-electron chi connectivity index (χ1n) is 7.26.